The number of amides is 1. The second-order valence-corrected chi connectivity index (χ2v) is 9.24. The van der Waals surface area contributed by atoms with Gasteiger partial charge in [0.1, 0.15) is 16.1 Å². The van der Waals surface area contributed by atoms with E-state index in [4.69, 9.17) is 15.3 Å². The molecule has 186 valence electrons. The lowest BCUT2D eigenvalue weighted by Gasteiger charge is -2.14. The average Bonchev–Trinajstić information content (AvgIpc) is 3.38. The zero-order valence-electron chi connectivity index (χ0n) is 20.5. The molecule has 10 heteroatoms. The summed E-state index contributed by atoms with van der Waals surface area (Å²) in [5.74, 6) is 0.00784. The number of thiazole rings is 1. The summed E-state index contributed by atoms with van der Waals surface area (Å²) in [6.07, 6.45) is 1.46. The molecule has 0 unspecified atom stereocenters. The van der Waals surface area contributed by atoms with Crippen molar-refractivity contribution in [1.82, 2.24) is 15.0 Å². The van der Waals surface area contributed by atoms with Gasteiger partial charge in [0, 0.05) is 22.9 Å². The Balaban J connectivity index is 1.50. The van der Waals surface area contributed by atoms with Crippen LogP contribution in [0, 0.1) is 34.0 Å². The Morgan fingerprint density at radius 3 is 2.44 bits per heavy atom. The van der Waals surface area contributed by atoms with Crippen LogP contribution in [0.2, 0.25) is 0 Å². The highest BCUT2D eigenvalue weighted by atomic mass is 32.1. The molecule has 0 radical (unpaired) electrons. The first-order valence-corrected chi connectivity index (χ1v) is 12.4. The highest BCUT2D eigenvalue weighted by Crippen LogP contribution is 2.35. The van der Waals surface area contributed by atoms with Crippen molar-refractivity contribution in [2.24, 2.45) is 0 Å². The summed E-state index contributed by atoms with van der Waals surface area (Å²) >= 11 is 1.23. The fourth-order valence-corrected chi connectivity index (χ4v) is 4.81. The molecule has 3 aromatic heterocycles. The molecule has 0 saturated carbocycles. The number of nitrogens with one attached hydrogen (secondary N) is 1. The van der Waals surface area contributed by atoms with Crippen molar-refractivity contribution in [1.29, 1.82) is 15.8 Å². The predicted octanol–water partition coefficient (Wildman–Crippen LogP) is 5.49. The second kappa shape index (κ2) is 10.8. The smallest absolute Gasteiger partial charge is 0.259 e. The van der Waals surface area contributed by atoms with E-state index in [0.29, 0.717) is 49.2 Å². The fraction of sp³-hybridized carbons (Fsp3) is 0.0690. The third-order valence-electron chi connectivity index (χ3n) is 5.87. The minimum atomic E-state index is -0.461. The molecule has 9 nitrogen and oxygen atoms in total. The molecule has 0 fully saturated rings. The number of anilines is 1. The molecule has 0 saturated heterocycles. The van der Waals surface area contributed by atoms with Gasteiger partial charge in [0.25, 0.3) is 5.91 Å². The van der Waals surface area contributed by atoms with Crippen molar-refractivity contribution in [2.45, 2.75) is 6.42 Å². The number of fused-ring (bicyclic) bond motifs is 1. The first kappa shape index (κ1) is 25.0. The zero-order chi connectivity index (χ0) is 27.4. The summed E-state index contributed by atoms with van der Waals surface area (Å²) in [6.45, 7) is 0. The van der Waals surface area contributed by atoms with Crippen LogP contribution in [-0.4, -0.2) is 28.0 Å². The maximum absolute atomic E-state index is 13.5. The number of nitriles is 3. The van der Waals surface area contributed by atoms with Crippen molar-refractivity contribution in [3.8, 4) is 46.3 Å². The SMILES string of the molecule is COc1ccc(C#N)cc1-c1cc(CC#N)ncc1C(=O)Nc1nc2ccc(-c3ccc(C#N)cc3)nc2s1. The van der Waals surface area contributed by atoms with Gasteiger partial charge < -0.3 is 4.74 Å². The number of rotatable bonds is 6. The van der Waals surface area contributed by atoms with Crippen LogP contribution in [0.1, 0.15) is 27.2 Å². The molecular formula is C29H17N7O2S. The summed E-state index contributed by atoms with van der Waals surface area (Å²) in [7, 11) is 1.50. The van der Waals surface area contributed by atoms with Gasteiger partial charge >= 0.3 is 0 Å². The minimum absolute atomic E-state index is 0.0558. The summed E-state index contributed by atoms with van der Waals surface area (Å²) in [6, 6.07) is 23.6. The van der Waals surface area contributed by atoms with Crippen LogP contribution in [-0.2, 0) is 6.42 Å². The van der Waals surface area contributed by atoms with E-state index >= 15 is 0 Å². The number of aromatic nitrogens is 3. The summed E-state index contributed by atoms with van der Waals surface area (Å²) in [5.41, 5.74) is 4.88. The predicted molar refractivity (Wildman–Crippen MR) is 146 cm³/mol. The summed E-state index contributed by atoms with van der Waals surface area (Å²) < 4.78 is 5.49. The van der Waals surface area contributed by atoms with Crippen molar-refractivity contribution in [2.75, 3.05) is 12.4 Å². The van der Waals surface area contributed by atoms with Crippen molar-refractivity contribution >= 4 is 32.7 Å². The third kappa shape index (κ3) is 5.12. The van der Waals surface area contributed by atoms with Crippen LogP contribution < -0.4 is 10.1 Å². The minimum Gasteiger partial charge on any atom is -0.496 e. The first-order chi connectivity index (χ1) is 19.0. The number of methoxy groups -OCH3 is 1. The van der Waals surface area contributed by atoms with Crippen molar-refractivity contribution in [3.05, 3.63) is 89.2 Å². The van der Waals surface area contributed by atoms with Gasteiger partial charge in [-0.3, -0.25) is 15.1 Å². The molecule has 0 spiro atoms. The van der Waals surface area contributed by atoms with Gasteiger partial charge in [0.2, 0.25) is 0 Å². The first-order valence-electron chi connectivity index (χ1n) is 11.6. The number of pyridine rings is 2. The quantitative estimate of drug-likeness (QED) is 0.305. The van der Waals surface area contributed by atoms with Crippen LogP contribution in [0.5, 0.6) is 5.75 Å². The van der Waals surface area contributed by atoms with E-state index in [0.717, 1.165) is 11.3 Å². The van der Waals surface area contributed by atoms with Gasteiger partial charge in [-0.25, -0.2) is 9.97 Å². The molecule has 0 atom stereocenters. The average molecular weight is 528 g/mol. The van der Waals surface area contributed by atoms with Crippen molar-refractivity contribution < 1.29 is 9.53 Å². The highest BCUT2D eigenvalue weighted by Gasteiger charge is 2.20. The molecule has 0 aliphatic heterocycles. The van der Waals surface area contributed by atoms with Gasteiger partial charge in [-0.1, -0.05) is 23.5 Å². The highest BCUT2D eigenvalue weighted by molar-refractivity contribution is 7.22. The Morgan fingerprint density at radius 1 is 0.949 bits per heavy atom. The zero-order valence-corrected chi connectivity index (χ0v) is 21.3. The molecule has 1 amide bonds. The number of ether oxygens (including phenoxy) is 1. The molecule has 0 bridgehead atoms. The third-order valence-corrected chi connectivity index (χ3v) is 6.75. The van der Waals surface area contributed by atoms with E-state index in [1.54, 1.807) is 36.4 Å². The van der Waals surface area contributed by atoms with E-state index in [2.05, 4.69) is 38.5 Å². The van der Waals surface area contributed by atoms with E-state index in [1.807, 2.05) is 24.3 Å². The Morgan fingerprint density at radius 2 is 1.72 bits per heavy atom. The van der Waals surface area contributed by atoms with Gasteiger partial charge in [-0.2, -0.15) is 15.8 Å². The Labute approximate surface area is 227 Å². The van der Waals surface area contributed by atoms with E-state index in [-0.39, 0.29) is 12.0 Å². The van der Waals surface area contributed by atoms with Crippen LogP contribution in [0.25, 0.3) is 32.7 Å². The largest absolute Gasteiger partial charge is 0.496 e. The Hall–Kier alpha value is -5.63. The Kier molecular flexibility index (Phi) is 6.92. The number of benzene rings is 2. The number of carbonyl (C=O) groups is 1. The number of nitrogens with zero attached hydrogens (tertiary/aromatic N) is 6. The van der Waals surface area contributed by atoms with E-state index in [1.165, 1.54) is 24.6 Å². The van der Waals surface area contributed by atoms with E-state index < -0.39 is 5.91 Å². The number of carbonyl (C=O) groups excluding carboxylic acids is 1. The normalized spacial score (nSPS) is 10.3. The standard InChI is InChI=1S/C29H17N7O2S/c1-38-26-9-4-18(15-32)12-22(26)21-13-20(10-11-30)33-16-23(21)27(37)36-29-35-25-8-7-24(34-28(25)39-29)19-5-2-17(14-31)3-6-19/h2-9,12-13,16H,10H2,1H3,(H,35,36,37). The van der Waals surface area contributed by atoms with Gasteiger partial charge in [0.15, 0.2) is 5.13 Å². The lowest BCUT2D eigenvalue weighted by atomic mass is 9.97. The van der Waals surface area contributed by atoms with Crippen LogP contribution in [0.4, 0.5) is 5.13 Å². The van der Waals surface area contributed by atoms with E-state index in [9.17, 15) is 10.1 Å². The molecule has 5 aromatic rings. The monoisotopic (exact) mass is 527 g/mol. The Bertz CT molecular complexity index is 1860. The molecule has 1 N–H and O–H groups in total. The summed E-state index contributed by atoms with van der Waals surface area (Å²) in [4.78, 5) is 27.5. The molecular weight excluding hydrogens is 510 g/mol. The lowest BCUT2D eigenvalue weighted by Crippen LogP contribution is -2.14. The van der Waals surface area contributed by atoms with Gasteiger partial charge in [-0.15, -0.1) is 0 Å². The lowest BCUT2D eigenvalue weighted by molar-refractivity contribution is 0.102. The molecule has 5 rings (SSSR count). The van der Waals surface area contributed by atoms with Crippen molar-refractivity contribution in [3.63, 3.8) is 0 Å². The number of hydrogen-bond donors (Lipinski definition) is 1. The van der Waals surface area contributed by atoms with Gasteiger partial charge in [-0.05, 0) is 48.5 Å². The van der Waals surface area contributed by atoms with Crippen LogP contribution in [0.3, 0.4) is 0 Å². The maximum Gasteiger partial charge on any atom is 0.259 e. The maximum atomic E-state index is 13.5. The topological polar surface area (TPSA) is 148 Å². The molecule has 2 aromatic carbocycles. The van der Waals surface area contributed by atoms with Crippen LogP contribution in [0.15, 0.2) is 66.9 Å². The fourth-order valence-electron chi connectivity index (χ4n) is 3.98. The molecule has 0 aliphatic rings. The number of hydrogen-bond acceptors (Lipinski definition) is 9. The van der Waals surface area contributed by atoms with Gasteiger partial charge in [0.05, 0.1) is 59.8 Å². The molecule has 3 heterocycles. The molecule has 39 heavy (non-hydrogen) atoms. The second-order valence-electron chi connectivity index (χ2n) is 8.27. The molecule has 0 aliphatic carbocycles. The van der Waals surface area contributed by atoms with Crippen LogP contribution >= 0.6 is 11.3 Å². The summed E-state index contributed by atoms with van der Waals surface area (Å²) in [5, 5.41) is 30.8.